The highest BCUT2D eigenvalue weighted by atomic mass is 19.4. The number of aromatic nitrogens is 3. The summed E-state index contributed by atoms with van der Waals surface area (Å²) in [5.74, 6) is -1.64. The van der Waals surface area contributed by atoms with Crippen molar-refractivity contribution < 1.29 is 32.6 Å². The monoisotopic (exact) mass is 395 g/mol. The average molecular weight is 395 g/mol. The number of alkyl halides is 3. The summed E-state index contributed by atoms with van der Waals surface area (Å²) in [6.07, 6.45) is -1.95. The molecule has 1 aliphatic rings. The summed E-state index contributed by atoms with van der Waals surface area (Å²) in [7, 11) is 1.80. The SMILES string of the molecule is CCCOC1CCCN(C(=O)Nc2nc(C)n(C)n2)C1.O=C(O)C(F)(F)F. The number of aliphatic carboxylic acids is 1. The fraction of sp³-hybridized carbons (Fsp3) is 0.733. The number of carboxylic acid groups (broad SMARTS) is 1. The minimum Gasteiger partial charge on any atom is -0.475 e. The van der Waals surface area contributed by atoms with E-state index in [9.17, 15) is 18.0 Å². The van der Waals surface area contributed by atoms with Crippen molar-refractivity contribution in [1.29, 1.82) is 0 Å². The van der Waals surface area contributed by atoms with Crippen molar-refractivity contribution in [3.8, 4) is 0 Å². The van der Waals surface area contributed by atoms with E-state index in [-0.39, 0.29) is 12.1 Å². The van der Waals surface area contributed by atoms with Gasteiger partial charge in [-0.15, -0.1) is 5.10 Å². The third-order valence-corrected chi connectivity index (χ3v) is 3.67. The second-order valence-electron chi connectivity index (χ2n) is 5.92. The number of nitrogens with one attached hydrogen (secondary N) is 1. The molecular weight excluding hydrogens is 371 g/mol. The van der Waals surface area contributed by atoms with E-state index < -0.39 is 12.1 Å². The van der Waals surface area contributed by atoms with Crippen LogP contribution in [0.3, 0.4) is 0 Å². The number of halogens is 3. The summed E-state index contributed by atoms with van der Waals surface area (Å²) in [6.45, 7) is 6.07. The van der Waals surface area contributed by atoms with Crippen molar-refractivity contribution in [2.24, 2.45) is 7.05 Å². The topological polar surface area (TPSA) is 110 Å². The van der Waals surface area contributed by atoms with Gasteiger partial charge in [0.15, 0.2) is 0 Å². The van der Waals surface area contributed by atoms with Gasteiger partial charge in [-0.3, -0.25) is 10.00 Å². The molecule has 0 aromatic carbocycles. The number of ether oxygens (including phenoxy) is 1. The van der Waals surface area contributed by atoms with E-state index in [0.29, 0.717) is 12.5 Å². The number of carbonyl (C=O) groups is 2. The second kappa shape index (κ2) is 10.1. The molecule has 0 radical (unpaired) electrons. The molecule has 1 aromatic heterocycles. The summed E-state index contributed by atoms with van der Waals surface area (Å²) in [5, 5.41) is 14.0. The van der Waals surface area contributed by atoms with Gasteiger partial charge in [0.1, 0.15) is 5.82 Å². The van der Waals surface area contributed by atoms with Gasteiger partial charge in [-0.05, 0) is 26.2 Å². The minimum atomic E-state index is -5.08. The lowest BCUT2D eigenvalue weighted by molar-refractivity contribution is -0.192. The maximum Gasteiger partial charge on any atom is 0.490 e. The Labute approximate surface area is 154 Å². The van der Waals surface area contributed by atoms with Crippen LogP contribution in [0.4, 0.5) is 23.9 Å². The van der Waals surface area contributed by atoms with Crippen molar-refractivity contribution in [3.05, 3.63) is 5.82 Å². The lowest BCUT2D eigenvalue weighted by Gasteiger charge is -2.32. The quantitative estimate of drug-likeness (QED) is 0.809. The highest BCUT2D eigenvalue weighted by molar-refractivity contribution is 5.87. The number of aryl methyl sites for hydroxylation is 2. The number of nitrogens with zero attached hydrogens (tertiary/aromatic N) is 4. The summed E-state index contributed by atoms with van der Waals surface area (Å²) in [6, 6.07) is -0.152. The summed E-state index contributed by atoms with van der Waals surface area (Å²) in [5.41, 5.74) is 0. The molecule has 27 heavy (non-hydrogen) atoms. The smallest absolute Gasteiger partial charge is 0.475 e. The van der Waals surface area contributed by atoms with Crippen LogP contribution in [0.5, 0.6) is 0 Å². The Bertz CT molecular complexity index is 616. The first-order chi connectivity index (χ1) is 12.5. The summed E-state index contributed by atoms with van der Waals surface area (Å²) >= 11 is 0. The fourth-order valence-corrected chi connectivity index (χ4v) is 2.23. The number of likely N-dealkylation sites (tertiary alicyclic amines) is 1. The fourth-order valence-electron chi connectivity index (χ4n) is 2.23. The lowest BCUT2D eigenvalue weighted by Crippen LogP contribution is -2.45. The highest BCUT2D eigenvalue weighted by Crippen LogP contribution is 2.15. The molecule has 1 fully saturated rings. The molecule has 2 N–H and O–H groups in total. The third kappa shape index (κ3) is 7.81. The van der Waals surface area contributed by atoms with Crippen molar-refractivity contribution in [2.45, 2.75) is 45.4 Å². The maximum absolute atomic E-state index is 12.2. The Kier molecular flexibility index (Phi) is 8.47. The second-order valence-corrected chi connectivity index (χ2v) is 5.92. The zero-order valence-electron chi connectivity index (χ0n) is 15.4. The number of carboxylic acids is 1. The first-order valence-corrected chi connectivity index (χ1v) is 8.39. The largest absolute Gasteiger partial charge is 0.490 e. The first-order valence-electron chi connectivity index (χ1n) is 8.39. The lowest BCUT2D eigenvalue weighted by atomic mass is 10.1. The van der Waals surface area contributed by atoms with E-state index in [2.05, 4.69) is 22.3 Å². The molecule has 0 aliphatic carbocycles. The normalized spacial score (nSPS) is 17.1. The minimum absolute atomic E-state index is 0.146. The van der Waals surface area contributed by atoms with Crippen LogP contribution >= 0.6 is 0 Å². The van der Waals surface area contributed by atoms with Crippen molar-refractivity contribution in [2.75, 3.05) is 25.0 Å². The Morgan fingerprint density at radius 1 is 1.41 bits per heavy atom. The molecular formula is C15H24F3N5O4. The van der Waals surface area contributed by atoms with Gasteiger partial charge in [0, 0.05) is 26.7 Å². The average Bonchev–Trinajstić information content (AvgIpc) is 2.90. The molecule has 2 amide bonds. The van der Waals surface area contributed by atoms with Crippen LogP contribution in [0.15, 0.2) is 0 Å². The molecule has 9 nitrogen and oxygen atoms in total. The van der Waals surface area contributed by atoms with Gasteiger partial charge in [0.05, 0.1) is 6.10 Å². The molecule has 1 aromatic rings. The Hall–Kier alpha value is -2.37. The van der Waals surface area contributed by atoms with Gasteiger partial charge >= 0.3 is 18.2 Å². The molecule has 2 heterocycles. The maximum atomic E-state index is 12.2. The van der Waals surface area contributed by atoms with E-state index in [1.165, 1.54) is 0 Å². The van der Waals surface area contributed by atoms with Crippen LogP contribution in [0, 0.1) is 6.92 Å². The third-order valence-electron chi connectivity index (χ3n) is 3.67. The molecule has 1 atom stereocenters. The van der Waals surface area contributed by atoms with Crippen LogP contribution in [-0.4, -0.2) is 68.7 Å². The van der Waals surface area contributed by atoms with Crippen molar-refractivity contribution in [3.63, 3.8) is 0 Å². The number of hydrogen-bond acceptors (Lipinski definition) is 5. The van der Waals surface area contributed by atoms with Crippen LogP contribution in [0.2, 0.25) is 0 Å². The van der Waals surface area contributed by atoms with Crippen LogP contribution in [0.25, 0.3) is 0 Å². The van der Waals surface area contributed by atoms with Gasteiger partial charge in [-0.2, -0.15) is 18.2 Å². The molecule has 1 saturated heterocycles. The van der Waals surface area contributed by atoms with Crippen LogP contribution in [0.1, 0.15) is 32.0 Å². The molecule has 1 aliphatic heterocycles. The number of amides is 2. The number of hydrogen-bond donors (Lipinski definition) is 2. The van der Waals surface area contributed by atoms with Gasteiger partial charge in [-0.1, -0.05) is 6.92 Å². The zero-order valence-corrected chi connectivity index (χ0v) is 15.4. The van der Waals surface area contributed by atoms with E-state index in [4.69, 9.17) is 14.6 Å². The predicted molar refractivity (Wildman–Crippen MR) is 89.3 cm³/mol. The van der Waals surface area contributed by atoms with Crippen LogP contribution < -0.4 is 5.32 Å². The van der Waals surface area contributed by atoms with Crippen LogP contribution in [-0.2, 0) is 16.6 Å². The van der Waals surface area contributed by atoms with Crippen molar-refractivity contribution in [1.82, 2.24) is 19.7 Å². The number of rotatable bonds is 4. The Morgan fingerprint density at radius 3 is 2.52 bits per heavy atom. The Morgan fingerprint density at radius 2 is 2.04 bits per heavy atom. The van der Waals surface area contributed by atoms with Gasteiger partial charge < -0.3 is 14.7 Å². The first kappa shape index (κ1) is 22.7. The highest BCUT2D eigenvalue weighted by Gasteiger charge is 2.38. The van der Waals surface area contributed by atoms with E-state index in [1.54, 1.807) is 16.6 Å². The van der Waals surface area contributed by atoms with Gasteiger partial charge in [-0.25, -0.2) is 9.59 Å². The zero-order chi connectivity index (χ0) is 20.6. The number of piperidine rings is 1. The molecule has 0 bridgehead atoms. The molecule has 154 valence electrons. The van der Waals surface area contributed by atoms with Gasteiger partial charge in [0.2, 0.25) is 5.95 Å². The molecule has 1 unspecified atom stereocenters. The number of anilines is 1. The predicted octanol–water partition coefficient (Wildman–Crippen LogP) is 2.18. The number of urea groups is 1. The van der Waals surface area contributed by atoms with Crippen molar-refractivity contribution >= 4 is 17.9 Å². The molecule has 0 saturated carbocycles. The van der Waals surface area contributed by atoms with E-state index in [0.717, 1.165) is 38.2 Å². The number of carbonyl (C=O) groups excluding carboxylic acids is 1. The summed E-state index contributed by atoms with van der Waals surface area (Å²) < 4.78 is 39.1. The van der Waals surface area contributed by atoms with E-state index in [1.807, 2.05) is 6.92 Å². The molecule has 12 heteroatoms. The van der Waals surface area contributed by atoms with Gasteiger partial charge in [0.25, 0.3) is 0 Å². The molecule has 2 rings (SSSR count). The summed E-state index contributed by atoms with van der Waals surface area (Å²) in [4.78, 5) is 27.0. The van der Waals surface area contributed by atoms with E-state index >= 15 is 0 Å². The Balaban J connectivity index is 0.000000445. The molecule has 0 spiro atoms. The standard InChI is InChI=1S/C13H23N5O2.C2HF3O2/c1-4-8-20-11-6-5-7-18(9-11)13(19)15-12-14-10(2)17(3)16-12;3-2(4,5)1(6)7/h11H,4-9H2,1-3H3,(H,15,16,19);(H,6,7).